The van der Waals surface area contributed by atoms with Crippen molar-refractivity contribution in [3.05, 3.63) is 0 Å². The van der Waals surface area contributed by atoms with Crippen LogP contribution in [0.2, 0.25) is 0 Å². The summed E-state index contributed by atoms with van der Waals surface area (Å²) in [6.45, 7) is 1.88. The first kappa shape index (κ1) is 12.3. The molecule has 0 bridgehead atoms. The third-order valence-electron chi connectivity index (χ3n) is 2.35. The van der Waals surface area contributed by atoms with E-state index in [-0.39, 0.29) is 18.1 Å². The van der Waals surface area contributed by atoms with Crippen LogP contribution in [0.3, 0.4) is 0 Å². The van der Waals surface area contributed by atoms with Crippen molar-refractivity contribution in [2.45, 2.75) is 19.1 Å². The van der Waals surface area contributed by atoms with Gasteiger partial charge in [-0.25, -0.2) is 13.2 Å². The van der Waals surface area contributed by atoms with Gasteiger partial charge in [0.05, 0.1) is 30.3 Å². The minimum Gasteiger partial charge on any atom is -0.450 e. The lowest BCUT2D eigenvalue weighted by atomic mass is 10.2. The molecule has 15 heavy (non-hydrogen) atoms. The third kappa shape index (κ3) is 2.82. The molecule has 0 aliphatic carbocycles. The van der Waals surface area contributed by atoms with Crippen LogP contribution in [0, 0.1) is 0 Å². The normalized spacial score (nSPS) is 28.7. The van der Waals surface area contributed by atoms with Crippen LogP contribution >= 0.6 is 0 Å². The average molecular weight is 237 g/mol. The molecule has 0 saturated carbocycles. The Labute approximate surface area is 88.7 Å². The van der Waals surface area contributed by atoms with Crippen molar-refractivity contribution in [1.82, 2.24) is 4.90 Å². The lowest BCUT2D eigenvalue weighted by Gasteiger charge is -2.24. The Hall–Kier alpha value is -0.820. The van der Waals surface area contributed by atoms with Crippen LogP contribution in [-0.2, 0) is 14.6 Å². The summed E-state index contributed by atoms with van der Waals surface area (Å²) in [5, 5.41) is 9.48. The number of likely N-dealkylation sites (N-methyl/N-ethyl adjacent to an activating group) is 1. The summed E-state index contributed by atoms with van der Waals surface area (Å²) in [5.74, 6) is -0.495. The van der Waals surface area contributed by atoms with Gasteiger partial charge in [0.25, 0.3) is 0 Å². The van der Waals surface area contributed by atoms with E-state index in [1.807, 2.05) is 0 Å². The van der Waals surface area contributed by atoms with Crippen molar-refractivity contribution < 1.29 is 23.1 Å². The Bertz CT molecular complexity index is 339. The fourth-order valence-electron chi connectivity index (χ4n) is 1.54. The zero-order valence-electron chi connectivity index (χ0n) is 8.71. The van der Waals surface area contributed by atoms with Crippen LogP contribution in [-0.4, -0.2) is 61.8 Å². The topological polar surface area (TPSA) is 83.9 Å². The van der Waals surface area contributed by atoms with Gasteiger partial charge in [-0.3, -0.25) is 0 Å². The van der Waals surface area contributed by atoms with Crippen LogP contribution in [0.25, 0.3) is 0 Å². The predicted octanol–water partition coefficient (Wildman–Crippen LogP) is -0.767. The van der Waals surface area contributed by atoms with E-state index in [0.717, 1.165) is 4.90 Å². The molecule has 1 saturated heterocycles. The van der Waals surface area contributed by atoms with Gasteiger partial charge < -0.3 is 14.7 Å². The summed E-state index contributed by atoms with van der Waals surface area (Å²) < 4.78 is 27.1. The van der Waals surface area contributed by atoms with Crippen LogP contribution in [0.1, 0.15) is 6.92 Å². The highest BCUT2D eigenvalue weighted by atomic mass is 32.2. The van der Waals surface area contributed by atoms with E-state index in [1.165, 1.54) is 7.05 Å². The molecule has 0 radical (unpaired) electrons. The van der Waals surface area contributed by atoms with Crippen molar-refractivity contribution in [3.8, 4) is 0 Å². The molecule has 1 aliphatic rings. The molecule has 0 aromatic carbocycles. The number of carbonyl (C=O) groups is 1. The Kier molecular flexibility index (Phi) is 3.56. The maximum atomic E-state index is 11.3. The lowest BCUT2D eigenvalue weighted by Crippen LogP contribution is -2.44. The number of carbonyl (C=O) groups excluding carboxylic acids is 1. The number of hydrogen-bond acceptors (Lipinski definition) is 5. The van der Waals surface area contributed by atoms with E-state index in [1.54, 1.807) is 6.92 Å². The highest BCUT2D eigenvalue weighted by molar-refractivity contribution is 7.91. The molecule has 88 valence electrons. The Balaban J connectivity index is 2.69. The van der Waals surface area contributed by atoms with Gasteiger partial charge in [-0.15, -0.1) is 0 Å². The molecule has 0 aromatic rings. The fourth-order valence-corrected chi connectivity index (χ4v) is 3.39. The van der Waals surface area contributed by atoms with Gasteiger partial charge >= 0.3 is 6.09 Å². The van der Waals surface area contributed by atoms with Gasteiger partial charge in [-0.05, 0) is 6.92 Å². The number of amides is 1. The largest absolute Gasteiger partial charge is 0.450 e. The first-order valence-corrected chi connectivity index (χ1v) is 6.47. The van der Waals surface area contributed by atoms with Gasteiger partial charge in [0.1, 0.15) is 0 Å². The zero-order chi connectivity index (χ0) is 11.6. The molecule has 0 unspecified atom stereocenters. The first-order chi connectivity index (χ1) is 6.87. The Morgan fingerprint density at radius 1 is 1.53 bits per heavy atom. The summed E-state index contributed by atoms with van der Waals surface area (Å²) in [6, 6.07) is -0.700. The van der Waals surface area contributed by atoms with Crippen LogP contribution in [0.5, 0.6) is 0 Å². The summed E-state index contributed by atoms with van der Waals surface area (Å²) in [4.78, 5) is 12.4. The molecule has 1 N–H and O–H groups in total. The summed E-state index contributed by atoms with van der Waals surface area (Å²) in [7, 11) is -1.81. The summed E-state index contributed by atoms with van der Waals surface area (Å²) in [6.07, 6.45) is -1.64. The minimum atomic E-state index is -3.24. The SMILES string of the molecule is CCOC(=O)N(C)[C@H]1CS(=O)(=O)C[C@@H]1O. The number of hydrogen-bond donors (Lipinski definition) is 1. The number of ether oxygens (including phenoxy) is 1. The number of rotatable bonds is 2. The van der Waals surface area contributed by atoms with Gasteiger partial charge in [0, 0.05) is 7.05 Å². The molecule has 0 aromatic heterocycles. The van der Waals surface area contributed by atoms with E-state index in [2.05, 4.69) is 0 Å². The van der Waals surface area contributed by atoms with E-state index in [0.29, 0.717) is 0 Å². The minimum absolute atomic E-state index is 0.205. The lowest BCUT2D eigenvalue weighted by molar-refractivity contribution is 0.0683. The molecule has 6 nitrogen and oxygen atoms in total. The predicted molar refractivity (Wildman–Crippen MR) is 53.2 cm³/mol. The molecule has 1 heterocycles. The monoisotopic (exact) mass is 237 g/mol. The van der Waals surface area contributed by atoms with E-state index in [4.69, 9.17) is 4.74 Å². The fraction of sp³-hybridized carbons (Fsp3) is 0.875. The number of sulfone groups is 1. The van der Waals surface area contributed by atoms with E-state index in [9.17, 15) is 18.3 Å². The smallest absolute Gasteiger partial charge is 0.409 e. The highest BCUT2D eigenvalue weighted by Crippen LogP contribution is 2.17. The van der Waals surface area contributed by atoms with Crippen LogP contribution < -0.4 is 0 Å². The maximum absolute atomic E-state index is 11.3. The maximum Gasteiger partial charge on any atom is 0.409 e. The van der Waals surface area contributed by atoms with E-state index >= 15 is 0 Å². The molecule has 1 amide bonds. The molecule has 7 heteroatoms. The molecule has 1 fully saturated rings. The van der Waals surface area contributed by atoms with Gasteiger partial charge in [-0.2, -0.15) is 0 Å². The molecular weight excluding hydrogens is 222 g/mol. The van der Waals surface area contributed by atoms with Crippen LogP contribution in [0.15, 0.2) is 0 Å². The number of nitrogens with zero attached hydrogens (tertiary/aromatic N) is 1. The number of aliphatic hydroxyl groups is 1. The van der Waals surface area contributed by atoms with Gasteiger partial charge in [-0.1, -0.05) is 0 Å². The van der Waals surface area contributed by atoms with E-state index < -0.39 is 28.1 Å². The molecule has 1 aliphatic heterocycles. The van der Waals surface area contributed by atoms with Crippen molar-refractivity contribution in [1.29, 1.82) is 0 Å². The quantitative estimate of drug-likeness (QED) is 0.682. The van der Waals surface area contributed by atoms with Crippen molar-refractivity contribution in [2.24, 2.45) is 0 Å². The van der Waals surface area contributed by atoms with Crippen molar-refractivity contribution in [2.75, 3.05) is 25.2 Å². The Morgan fingerprint density at radius 2 is 2.13 bits per heavy atom. The third-order valence-corrected chi connectivity index (χ3v) is 4.05. The van der Waals surface area contributed by atoms with Gasteiger partial charge in [0.2, 0.25) is 0 Å². The second-order valence-electron chi connectivity index (χ2n) is 3.52. The second-order valence-corrected chi connectivity index (χ2v) is 5.68. The number of aliphatic hydroxyl groups excluding tert-OH is 1. The zero-order valence-corrected chi connectivity index (χ0v) is 9.53. The molecule has 1 rings (SSSR count). The molecular formula is C8H15NO5S. The molecule has 0 spiro atoms. The van der Waals surface area contributed by atoms with Crippen molar-refractivity contribution >= 4 is 15.9 Å². The summed E-state index contributed by atoms with van der Waals surface area (Å²) >= 11 is 0. The van der Waals surface area contributed by atoms with Crippen LogP contribution in [0.4, 0.5) is 4.79 Å². The van der Waals surface area contributed by atoms with Gasteiger partial charge in [0.15, 0.2) is 9.84 Å². The Morgan fingerprint density at radius 3 is 2.53 bits per heavy atom. The second kappa shape index (κ2) is 4.36. The first-order valence-electron chi connectivity index (χ1n) is 4.65. The average Bonchev–Trinajstić information content (AvgIpc) is 2.39. The highest BCUT2D eigenvalue weighted by Gasteiger charge is 2.40. The summed E-state index contributed by atoms with van der Waals surface area (Å²) in [5.41, 5.74) is 0. The standard InChI is InChI=1S/C8H15NO5S/c1-3-14-8(11)9(2)6-4-15(12,13)5-7(6)10/h6-7,10H,3-5H2,1-2H3/t6-,7-/m0/s1. The van der Waals surface area contributed by atoms with Crippen molar-refractivity contribution in [3.63, 3.8) is 0 Å². The molecule has 2 atom stereocenters.